The van der Waals surface area contributed by atoms with Gasteiger partial charge in [0.2, 0.25) is 0 Å². The molecular formula is C17H12N4O4. The number of nitrogens with zero attached hydrogens (tertiary/aromatic N) is 3. The van der Waals surface area contributed by atoms with E-state index in [1.54, 1.807) is 36.4 Å². The zero-order valence-corrected chi connectivity index (χ0v) is 12.8. The fourth-order valence-electron chi connectivity index (χ4n) is 2.05. The van der Waals surface area contributed by atoms with Gasteiger partial charge in [-0.25, -0.2) is 5.43 Å². The van der Waals surface area contributed by atoms with Crippen LogP contribution in [0.3, 0.4) is 0 Å². The molecule has 3 rings (SSSR count). The second-order valence-corrected chi connectivity index (χ2v) is 4.94. The number of carbonyl (C=O) groups excluding carboxylic acids is 1. The Hall–Kier alpha value is -3.81. The number of pyridine rings is 1. The number of amides is 1. The van der Waals surface area contributed by atoms with E-state index in [4.69, 9.17) is 4.42 Å². The second-order valence-electron chi connectivity index (χ2n) is 4.94. The van der Waals surface area contributed by atoms with Crippen LogP contribution in [0.4, 0.5) is 5.69 Å². The summed E-state index contributed by atoms with van der Waals surface area (Å²) in [5, 5.41) is 14.5. The lowest BCUT2D eigenvalue weighted by atomic mass is 10.1. The number of hydrogen-bond acceptors (Lipinski definition) is 6. The Bertz CT molecular complexity index is 917. The van der Waals surface area contributed by atoms with Gasteiger partial charge >= 0.3 is 0 Å². The van der Waals surface area contributed by atoms with Crippen molar-refractivity contribution in [2.75, 3.05) is 0 Å². The molecule has 25 heavy (non-hydrogen) atoms. The molecular weight excluding hydrogens is 324 g/mol. The Balaban J connectivity index is 1.65. The fourth-order valence-corrected chi connectivity index (χ4v) is 2.05. The fraction of sp³-hybridized carbons (Fsp3) is 0. The zero-order valence-electron chi connectivity index (χ0n) is 12.8. The Morgan fingerprint density at radius 2 is 1.84 bits per heavy atom. The first-order chi connectivity index (χ1) is 12.1. The summed E-state index contributed by atoms with van der Waals surface area (Å²) in [5.74, 6) is 0.612. The van der Waals surface area contributed by atoms with Crippen molar-refractivity contribution in [2.24, 2.45) is 5.10 Å². The van der Waals surface area contributed by atoms with Crippen LogP contribution in [0.2, 0.25) is 0 Å². The Morgan fingerprint density at radius 1 is 1.12 bits per heavy atom. The molecule has 0 bridgehead atoms. The summed E-state index contributed by atoms with van der Waals surface area (Å²) in [7, 11) is 0. The number of nitrogens with one attached hydrogen (secondary N) is 1. The topological polar surface area (TPSA) is 111 Å². The predicted molar refractivity (Wildman–Crippen MR) is 90.1 cm³/mol. The minimum atomic E-state index is -0.463. The van der Waals surface area contributed by atoms with Gasteiger partial charge in [0, 0.05) is 35.7 Å². The number of aromatic nitrogens is 1. The van der Waals surface area contributed by atoms with Crippen LogP contribution in [0, 0.1) is 10.1 Å². The quantitative estimate of drug-likeness (QED) is 0.437. The number of furan rings is 1. The molecule has 8 heteroatoms. The molecule has 3 aromatic rings. The molecule has 0 aliphatic rings. The Morgan fingerprint density at radius 3 is 2.52 bits per heavy atom. The van der Waals surface area contributed by atoms with E-state index >= 15 is 0 Å². The minimum absolute atomic E-state index is 0.0101. The van der Waals surface area contributed by atoms with Crippen molar-refractivity contribution in [1.82, 2.24) is 10.4 Å². The van der Waals surface area contributed by atoms with Crippen molar-refractivity contribution in [3.05, 3.63) is 82.4 Å². The molecule has 124 valence electrons. The number of benzene rings is 1. The molecule has 8 nitrogen and oxygen atoms in total. The van der Waals surface area contributed by atoms with Crippen molar-refractivity contribution in [3.8, 4) is 11.3 Å². The lowest BCUT2D eigenvalue weighted by molar-refractivity contribution is -0.384. The number of rotatable bonds is 5. The summed E-state index contributed by atoms with van der Waals surface area (Å²) in [6.45, 7) is 0. The SMILES string of the molecule is O=C(N/N=C/c1ccc(-c2ccc([N+](=O)[O-])cc2)o1)c1ccncc1. The monoisotopic (exact) mass is 336 g/mol. The molecule has 0 aliphatic carbocycles. The third kappa shape index (κ3) is 3.94. The Kier molecular flexibility index (Phi) is 4.61. The van der Waals surface area contributed by atoms with Crippen LogP contribution in [-0.2, 0) is 0 Å². The van der Waals surface area contributed by atoms with Crippen molar-refractivity contribution in [1.29, 1.82) is 0 Å². The number of non-ortho nitro benzene ring substituents is 1. The van der Waals surface area contributed by atoms with Gasteiger partial charge in [-0.2, -0.15) is 5.10 Å². The van der Waals surface area contributed by atoms with Gasteiger partial charge < -0.3 is 4.42 Å². The first-order valence-corrected chi connectivity index (χ1v) is 7.21. The molecule has 0 saturated carbocycles. The van der Waals surface area contributed by atoms with E-state index in [2.05, 4.69) is 15.5 Å². The van der Waals surface area contributed by atoms with Gasteiger partial charge in [0.05, 0.1) is 11.1 Å². The Labute approximate surface area is 142 Å². The molecule has 0 radical (unpaired) electrons. The third-order valence-corrected chi connectivity index (χ3v) is 3.29. The lowest BCUT2D eigenvalue weighted by Gasteiger charge is -1.98. The van der Waals surface area contributed by atoms with Gasteiger partial charge in [-0.3, -0.25) is 19.9 Å². The van der Waals surface area contributed by atoms with Crippen LogP contribution in [-0.4, -0.2) is 22.0 Å². The largest absolute Gasteiger partial charge is 0.455 e. The second kappa shape index (κ2) is 7.18. The number of hydrazone groups is 1. The number of nitro groups is 1. The first kappa shape index (κ1) is 16.1. The molecule has 0 saturated heterocycles. The molecule has 0 spiro atoms. The van der Waals surface area contributed by atoms with Gasteiger partial charge in [-0.05, 0) is 36.4 Å². The average Bonchev–Trinajstić information content (AvgIpc) is 3.11. The highest BCUT2D eigenvalue weighted by Crippen LogP contribution is 2.23. The van der Waals surface area contributed by atoms with Crippen LogP contribution in [0.5, 0.6) is 0 Å². The summed E-state index contributed by atoms with van der Waals surface area (Å²) in [5.41, 5.74) is 3.54. The van der Waals surface area contributed by atoms with Crippen molar-refractivity contribution in [2.45, 2.75) is 0 Å². The molecule has 0 unspecified atom stereocenters. The molecule has 1 aromatic carbocycles. The molecule has 2 heterocycles. The first-order valence-electron chi connectivity index (χ1n) is 7.21. The maximum atomic E-state index is 11.8. The maximum absolute atomic E-state index is 11.8. The molecule has 0 atom stereocenters. The van der Waals surface area contributed by atoms with Crippen molar-refractivity contribution < 1.29 is 14.1 Å². The summed E-state index contributed by atoms with van der Waals surface area (Å²) in [4.78, 5) is 25.8. The highest BCUT2D eigenvalue weighted by Gasteiger charge is 2.08. The van der Waals surface area contributed by atoms with E-state index in [1.807, 2.05) is 0 Å². The van der Waals surface area contributed by atoms with Crippen LogP contribution in [0.25, 0.3) is 11.3 Å². The molecule has 1 N–H and O–H groups in total. The molecule has 0 aliphatic heterocycles. The number of carbonyl (C=O) groups is 1. The predicted octanol–water partition coefficient (Wildman–Crippen LogP) is 3.01. The van der Waals surface area contributed by atoms with Crippen molar-refractivity contribution in [3.63, 3.8) is 0 Å². The summed E-state index contributed by atoms with van der Waals surface area (Å²) in [6.07, 6.45) is 4.40. The standard InChI is InChI=1S/C17H12N4O4/c22-17(13-7-9-18-10-8-13)20-19-11-15-5-6-16(25-15)12-1-3-14(4-2-12)21(23)24/h1-11H,(H,20,22)/b19-11+. The number of hydrogen-bond donors (Lipinski definition) is 1. The van der Waals surface area contributed by atoms with Crippen LogP contribution in [0.15, 0.2) is 70.4 Å². The van der Waals surface area contributed by atoms with E-state index in [0.29, 0.717) is 22.6 Å². The third-order valence-electron chi connectivity index (χ3n) is 3.29. The summed E-state index contributed by atoms with van der Waals surface area (Å²) in [6, 6.07) is 12.5. The van der Waals surface area contributed by atoms with Crippen LogP contribution >= 0.6 is 0 Å². The average molecular weight is 336 g/mol. The molecule has 2 aromatic heterocycles. The van der Waals surface area contributed by atoms with Gasteiger partial charge in [-0.15, -0.1) is 0 Å². The highest BCUT2D eigenvalue weighted by atomic mass is 16.6. The normalized spacial score (nSPS) is 10.7. The lowest BCUT2D eigenvalue weighted by Crippen LogP contribution is -2.17. The minimum Gasteiger partial charge on any atom is -0.455 e. The summed E-state index contributed by atoms with van der Waals surface area (Å²) < 4.78 is 5.58. The van der Waals surface area contributed by atoms with Crippen LogP contribution < -0.4 is 5.43 Å². The smallest absolute Gasteiger partial charge is 0.271 e. The van der Waals surface area contributed by atoms with Gasteiger partial charge in [0.1, 0.15) is 11.5 Å². The van der Waals surface area contributed by atoms with E-state index < -0.39 is 4.92 Å². The van der Waals surface area contributed by atoms with Gasteiger partial charge in [-0.1, -0.05) is 0 Å². The summed E-state index contributed by atoms with van der Waals surface area (Å²) >= 11 is 0. The van der Waals surface area contributed by atoms with E-state index in [1.165, 1.54) is 30.7 Å². The van der Waals surface area contributed by atoms with Gasteiger partial charge in [0.25, 0.3) is 11.6 Å². The van der Waals surface area contributed by atoms with E-state index in [9.17, 15) is 14.9 Å². The highest BCUT2D eigenvalue weighted by molar-refractivity contribution is 5.94. The van der Waals surface area contributed by atoms with Crippen LogP contribution in [0.1, 0.15) is 16.1 Å². The zero-order chi connectivity index (χ0) is 17.6. The maximum Gasteiger partial charge on any atom is 0.271 e. The number of nitro benzene ring substituents is 1. The van der Waals surface area contributed by atoms with E-state index in [0.717, 1.165) is 0 Å². The molecule has 0 fully saturated rings. The van der Waals surface area contributed by atoms with E-state index in [-0.39, 0.29) is 11.6 Å². The van der Waals surface area contributed by atoms with Gasteiger partial charge in [0.15, 0.2) is 0 Å². The van der Waals surface area contributed by atoms with Crippen molar-refractivity contribution >= 4 is 17.8 Å². The molecule has 1 amide bonds.